The number of hydrogen-bond donors (Lipinski definition) is 0. The molecule has 0 N–H and O–H groups in total. The molecule has 0 aliphatic heterocycles. The van der Waals surface area contributed by atoms with Gasteiger partial charge in [-0.15, -0.1) is 0 Å². The van der Waals surface area contributed by atoms with Crippen molar-refractivity contribution in [3.8, 4) is 6.07 Å². The van der Waals surface area contributed by atoms with Crippen molar-refractivity contribution in [2.24, 2.45) is 0 Å². The van der Waals surface area contributed by atoms with Crippen LogP contribution in [-0.4, -0.2) is 22.4 Å². The van der Waals surface area contributed by atoms with Crippen LogP contribution in [0.4, 0.5) is 0 Å². The highest BCUT2D eigenvalue weighted by Gasteiger charge is 2.09. The Balaban J connectivity index is 2.03. The first-order chi connectivity index (χ1) is 9.72. The predicted molar refractivity (Wildman–Crippen MR) is 73.0 cm³/mol. The fourth-order valence-electron chi connectivity index (χ4n) is 1.81. The molecule has 0 aliphatic carbocycles. The summed E-state index contributed by atoms with van der Waals surface area (Å²) in [4.78, 5) is 11.5. The highest BCUT2D eigenvalue weighted by molar-refractivity contribution is 5.88. The molecule has 1 heterocycles. The third-order valence-corrected chi connectivity index (χ3v) is 2.80. The first-order valence-electron chi connectivity index (χ1n) is 6.37. The zero-order chi connectivity index (χ0) is 14.4. The van der Waals surface area contributed by atoms with Gasteiger partial charge in [-0.1, -0.05) is 24.3 Å². The molecule has 0 saturated carbocycles. The molecule has 0 spiro atoms. The zero-order valence-corrected chi connectivity index (χ0v) is 11.2. The number of ether oxygens (including phenoxy) is 1. The minimum atomic E-state index is -0.358. The molecule has 0 fully saturated rings. The van der Waals surface area contributed by atoms with Gasteiger partial charge in [-0.2, -0.15) is 10.4 Å². The molecular weight excluding hydrogens is 254 g/mol. The van der Waals surface area contributed by atoms with Crippen LogP contribution in [0.3, 0.4) is 0 Å². The fraction of sp³-hybridized carbons (Fsp3) is 0.267. The minimum absolute atomic E-state index is 0.352. The Labute approximate surface area is 117 Å². The second kappa shape index (κ2) is 6.53. The zero-order valence-electron chi connectivity index (χ0n) is 11.2. The van der Waals surface area contributed by atoms with Crippen molar-refractivity contribution in [3.63, 3.8) is 0 Å². The second-order valence-electron chi connectivity index (χ2n) is 4.30. The first kappa shape index (κ1) is 13.8. The molecule has 0 atom stereocenters. The number of esters is 1. The Bertz CT molecular complexity index is 623. The summed E-state index contributed by atoms with van der Waals surface area (Å²) in [5.41, 5.74) is 2.50. The lowest BCUT2D eigenvalue weighted by molar-refractivity contribution is 0.0526. The van der Waals surface area contributed by atoms with Crippen LogP contribution in [0.2, 0.25) is 0 Å². The highest BCUT2D eigenvalue weighted by Crippen LogP contribution is 2.08. The van der Waals surface area contributed by atoms with Gasteiger partial charge in [0.15, 0.2) is 0 Å². The van der Waals surface area contributed by atoms with Crippen LogP contribution in [0.1, 0.15) is 28.4 Å². The molecule has 0 aliphatic rings. The Morgan fingerprint density at radius 3 is 2.70 bits per heavy atom. The second-order valence-corrected chi connectivity index (χ2v) is 4.30. The lowest BCUT2D eigenvalue weighted by Gasteiger charge is -2.02. The van der Waals surface area contributed by atoms with Gasteiger partial charge in [0.1, 0.15) is 0 Å². The van der Waals surface area contributed by atoms with Gasteiger partial charge in [0.05, 0.1) is 37.4 Å². The lowest BCUT2D eigenvalue weighted by Crippen LogP contribution is -2.04. The first-order valence-corrected chi connectivity index (χ1v) is 6.37. The molecule has 2 rings (SSSR count). The van der Waals surface area contributed by atoms with Crippen molar-refractivity contribution in [1.82, 2.24) is 9.78 Å². The molecule has 20 heavy (non-hydrogen) atoms. The topological polar surface area (TPSA) is 67.9 Å². The molecule has 0 bridgehead atoms. The summed E-state index contributed by atoms with van der Waals surface area (Å²) in [6.07, 6.45) is 3.58. The number of nitrogens with zero attached hydrogens (tertiary/aromatic N) is 3. The molecule has 2 aromatic rings. The van der Waals surface area contributed by atoms with Crippen molar-refractivity contribution in [3.05, 3.63) is 53.3 Å². The molecular formula is C15H15N3O2. The highest BCUT2D eigenvalue weighted by atomic mass is 16.5. The van der Waals surface area contributed by atoms with E-state index >= 15 is 0 Å². The van der Waals surface area contributed by atoms with Crippen LogP contribution in [-0.2, 0) is 17.7 Å². The van der Waals surface area contributed by atoms with E-state index in [0.29, 0.717) is 25.1 Å². The summed E-state index contributed by atoms with van der Waals surface area (Å²) in [6, 6.07) is 9.88. The normalized spacial score (nSPS) is 10.0. The smallest absolute Gasteiger partial charge is 0.341 e. The molecule has 0 radical (unpaired) electrons. The van der Waals surface area contributed by atoms with Gasteiger partial charge >= 0.3 is 5.97 Å². The number of aromatic nitrogens is 2. The van der Waals surface area contributed by atoms with Gasteiger partial charge in [0.25, 0.3) is 0 Å². The van der Waals surface area contributed by atoms with Gasteiger partial charge in [-0.25, -0.2) is 4.79 Å². The largest absolute Gasteiger partial charge is 0.462 e. The van der Waals surface area contributed by atoms with Crippen molar-refractivity contribution >= 4 is 5.97 Å². The maximum absolute atomic E-state index is 11.5. The maximum Gasteiger partial charge on any atom is 0.341 e. The Morgan fingerprint density at radius 2 is 2.05 bits per heavy atom. The molecule has 1 aromatic carbocycles. The van der Waals surface area contributed by atoms with Gasteiger partial charge in [0.2, 0.25) is 0 Å². The molecule has 102 valence electrons. The average Bonchev–Trinajstić information content (AvgIpc) is 2.90. The van der Waals surface area contributed by atoms with Crippen LogP contribution >= 0.6 is 0 Å². The third kappa shape index (κ3) is 3.45. The van der Waals surface area contributed by atoms with Crippen LogP contribution in [0.25, 0.3) is 0 Å². The van der Waals surface area contributed by atoms with E-state index in [2.05, 4.69) is 11.2 Å². The van der Waals surface area contributed by atoms with Crippen molar-refractivity contribution in [2.45, 2.75) is 19.9 Å². The van der Waals surface area contributed by atoms with E-state index in [1.807, 2.05) is 24.3 Å². The quantitative estimate of drug-likeness (QED) is 0.780. The molecule has 5 nitrogen and oxygen atoms in total. The third-order valence-electron chi connectivity index (χ3n) is 2.80. The summed E-state index contributed by atoms with van der Waals surface area (Å²) in [6.45, 7) is 2.70. The average molecular weight is 269 g/mol. The van der Waals surface area contributed by atoms with Crippen LogP contribution < -0.4 is 0 Å². The van der Waals surface area contributed by atoms with Crippen LogP contribution in [0.5, 0.6) is 0 Å². The molecule has 0 saturated heterocycles. The van der Waals surface area contributed by atoms with E-state index in [9.17, 15) is 4.79 Å². The summed E-state index contributed by atoms with van der Waals surface area (Å²) in [7, 11) is 0. The minimum Gasteiger partial charge on any atom is -0.462 e. The van der Waals surface area contributed by atoms with Crippen molar-refractivity contribution in [2.75, 3.05) is 6.61 Å². The number of nitriles is 1. The molecule has 0 amide bonds. The Kier molecular flexibility index (Phi) is 4.51. The number of carbonyl (C=O) groups is 1. The summed E-state index contributed by atoms with van der Waals surface area (Å²) in [5.74, 6) is -0.358. The van der Waals surface area contributed by atoms with Crippen LogP contribution in [0, 0.1) is 11.3 Å². The van der Waals surface area contributed by atoms with E-state index < -0.39 is 0 Å². The van der Waals surface area contributed by atoms with E-state index in [1.165, 1.54) is 6.20 Å². The van der Waals surface area contributed by atoms with E-state index in [0.717, 1.165) is 11.1 Å². The number of rotatable bonds is 5. The number of benzene rings is 1. The Morgan fingerprint density at radius 1 is 1.35 bits per heavy atom. The van der Waals surface area contributed by atoms with E-state index in [4.69, 9.17) is 10.00 Å². The standard InChI is InChI=1S/C15H15N3O2/c1-2-20-15(19)14-9-17-18(11-14)10-13-5-3-12(4-6-13)7-8-16/h3-6,9,11H,2,7,10H2,1H3. The summed E-state index contributed by atoms with van der Waals surface area (Å²) in [5, 5.41) is 12.8. The SMILES string of the molecule is CCOC(=O)c1cnn(Cc2ccc(CC#N)cc2)c1. The molecule has 5 heteroatoms. The van der Waals surface area contributed by atoms with Gasteiger partial charge in [-0.3, -0.25) is 4.68 Å². The molecule has 1 aromatic heterocycles. The number of carbonyl (C=O) groups excluding carboxylic acids is 1. The van der Waals surface area contributed by atoms with Gasteiger partial charge < -0.3 is 4.74 Å². The summed E-state index contributed by atoms with van der Waals surface area (Å²) < 4.78 is 6.60. The van der Waals surface area contributed by atoms with Crippen LogP contribution in [0.15, 0.2) is 36.7 Å². The Hall–Kier alpha value is -2.61. The van der Waals surface area contributed by atoms with Gasteiger partial charge in [-0.05, 0) is 18.1 Å². The van der Waals surface area contributed by atoms with E-state index in [-0.39, 0.29) is 5.97 Å². The van der Waals surface area contributed by atoms with Crippen molar-refractivity contribution < 1.29 is 9.53 Å². The predicted octanol–water partition coefficient (Wildman–Crippen LogP) is 2.17. The van der Waals surface area contributed by atoms with Gasteiger partial charge in [0, 0.05) is 6.20 Å². The van der Waals surface area contributed by atoms with E-state index in [1.54, 1.807) is 17.8 Å². The molecule has 0 unspecified atom stereocenters. The summed E-state index contributed by atoms with van der Waals surface area (Å²) >= 11 is 0. The fourth-order valence-corrected chi connectivity index (χ4v) is 1.81. The van der Waals surface area contributed by atoms with Crippen molar-refractivity contribution in [1.29, 1.82) is 5.26 Å². The monoisotopic (exact) mass is 269 g/mol. The lowest BCUT2D eigenvalue weighted by atomic mass is 10.1. The number of hydrogen-bond acceptors (Lipinski definition) is 4. The maximum atomic E-state index is 11.5.